The molecule has 2 aliphatic heterocycles. The molecule has 0 radical (unpaired) electrons. The lowest BCUT2D eigenvalue weighted by Gasteiger charge is -2.20. The van der Waals surface area contributed by atoms with Crippen LogP contribution in [0.4, 0.5) is 0 Å². The molecule has 26 heavy (non-hydrogen) atoms. The van der Waals surface area contributed by atoms with E-state index in [9.17, 15) is 4.79 Å². The third kappa shape index (κ3) is 2.42. The van der Waals surface area contributed by atoms with Crippen LogP contribution in [0.5, 0.6) is 11.5 Å². The van der Waals surface area contributed by atoms with Crippen molar-refractivity contribution in [1.29, 1.82) is 0 Å². The second-order valence-corrected chi connectivity index (χ2v) is 6.17. The molecule has 8 heteroatoms. The van der Waals surface area contributed by atoms with Gasteiger partial charge in [0.2, 0.25) is 12.7 Å². The van der Waals surface area contributed by atoms with Gasteiger partial charge in [0.15, 0.2) is 23.0 Å². The molecule has 132 valence electrons. The van der Waals surface area contributed by atoms with Gasteiger partial charge in [0.1, 0.15) is 12.3 Å². The van der Waals surface area contributed by atoms with Gasteiger partial charge >= 0.3 is 0 Å². The lowest BCUT2D eigenvalue weighted by molar-refractivity contribution is 0.0705. The summed E-state index contributed by atoms with van der Waals surface area (Å²) in [6.45, 7) is 0.841. The predicted molar refractivity (Wildman–Crippen MR) is 87.6 cm³/mol. The zero-order valence-electron chi connectivity index (χ0n) is 13.8. The molecule has 1 fully saturated rings. The minimum absolute atomic E-state index is 0.164. The van der Waals surface area contributed by atoms with Crippen LogP contribution in [0, 0.1) is 0 Å². The molecule has 0 spiro atoms. The summed E-state index contributed by atoms with van der Waals surface area (Å²) in [6.07, 6.45) is 4.82. The van der Waals surface area contributed by atoms with Crippen LogP contribution in [0.2, 0.25) is 0 Å². The second kappa shape index (κ2) is 5.91. The highest BCUT2D eigenvalue weighted by Crippen LogP contribution is 2.37. The van der Waals surface area contributed by atoms with Crippen LogP contribution in [-0.4, -0.2) is 34.3 Å². The van der Waals surface area contributed by atoms with E-state index in [2.05, 4.69) is 10.1 Å². The van der Waals surface area contributed by atoms with Crippen molar-refractivity contribution in [1.82, 2.24) is 15.0 Å². The molecule has 0 saturated carbocycles. The molecule has 4 heterocycles. The molecule has 0 aliphatic carbocycles. The lowest BCUT2D eigenvalue weighted by atomic mass is 10.1. The molecule has 0 N–H and O–H groups in total. The van der Waals surface area contributed by atoms with E-state index < -0.39 is 0 Å². The number of rotatable bonds is 3. The minimum Gasteiger partial charge on any atom is -0.454 e. The Morgan fingerprint density at radius 2 is 2.12 bits per heavy atom. The smallest absolute Gasteiger partial charge is 0.276 e. The normalized spacial score (nSPS) is 18.5. The number of benzene rings is 1. The molecule has 8 nitrogen and oxygen atoms in total. The summed E-state index contributed by atoms with van der Waals surface area (Å²) in [6, 6.07) is 6.94. The fourth-order valence-electron chi connectivity index (χ4n) is 3.37. The van der Waals surface area contributed by atoms with Crippen LogP contribution >= 0.6 is 0 Å². The van der Waals surface area contributed by atoms with Crippen LogP contribution in [0.3, 0.4) is 0 Å². The SMILES string of the molecule is O=C(c1cc(-c2ccc3c(c2)OCO3)on1)N1CCCC1c1ncco1. The average molecular weight is 353 g/mol. The molecule has 1 saturated heterocycles. The van der Waals surface area contributed by atoms with Crippen LogP contribution in [-0.2, 0) is 0 Å². The number of likely N-dealkylation sites (tertiary alicyclic amines) is 1. The van der Waals surface area contributed by atoms with Gasteiger partial charge in [-0.25, -0.2) is 4.98 Å². The number of carbonyl (C=O) groups is 1. The number of fused-ring (bicyclic) bond motifs is 1. The molecular formula is C18H15N3O5. The topological polar surface area (TPSA) is 90.8 Å². The summed E-state index contributed by atoms with van der Waals surface area (Å²) in [7, 11) is 0. The van der Waals surface area contributed by atoms with E-state index in [0.717, 1.165) is 18.4 Å². The molecule has 2 aromatic heterocycles. The Hall–Kier alpha value is -3.29. The molecule has 1 unspecified atom stereocenters. The Balaban J connectivity index is 1.40. The summed E-state index contributed by atoms with van der Waals surface area (Å²) in [5, 5.41) is 3.96. The van der Waals surface area contributed by atoms with E-state index in [1.54, 1.807) is 23.2 Å². The largest absolute Gasteiger partial charge is 0.454 e. The molecule has 1 aromatic carbocycles. The van der Waals surface area contributed by atoms with Gasteiger partial charge in [0, 0.05) is 18.2 Å². The number of hydrogen-bond acceptors (Lipinski definition) is 7. The van der Waals surface area contributed by atoms with Crippen molar-refractivity contribution >= 4 is 5.91 Å². The standard InChI is InChI=1S/C18H15N3O5/c22-18(21-6-1-2-13(21)17-19-5-7-23-17)12-9-15(26-20-12)11-3-4-14-16(8-11)25-10-24-14/h3-5,7-9,13H,1-2,6,10H2. The van der Waals surface area contributed by atoms with Crippen molar-refractivity contribution in [3.05, 3.63) is 48.3 Å². The Bertz CT molecular complexity index is 950. The zero-order valence-corrected chi connectivity index (χ0v) is 13.8. The first-order chi connectivity index (χ1) is 12.8. The third-order valence-electron chi connectivity index (χ3n) is 4.64. The first-order valence-electron chi connectivity index (χ1n) is 8.37. The Morgan fingerprint density at radius 3 is 3.00 bits per heavy atom. The van der Waals surface area contributed by atoms with E-state index in [4.69, 9.17) is 18.4 Å². The third-order valence-corrected chi connectivity index (χ3v) is 4.64. The van der Waals surface area contributed by atoms with Crippen molar-refractivity contribution in [2.75, 3.05) is 13.3 Å². The van der Waals surface area contributed by atoms with Crippen molar-refractivity contribution < 1.29 is 23.2 Å². The monoisotopic (exact) mass is 353 g/mol. The number of amides is 1. The van der Waals surface area contributed by atoms with E-state index in [1.807, 2.05) is 12.1 Å². The molecule has 0 bridgehead atoms. The molecule has 5 rings (SSSR count). The minimum atomic E-state index is -0.193. The zero-order chi connectivity index (χ0) is 17.5. The van der Waals surface area contributed by atoms with E-state index in [0.29, 0.717) is 29.7 Å². The van der Waals surface area contributed by atoms with Gasteiger partial charge in [-0.2, -0.15) is 0 Å². The molecule has 1 atom stereocenters. The molecule has 2 aliphatic rings. The van der Waals surface area contributed by atoms with Gasteiger partial charge in [-0.15, -0.1) is 0 Å². The first kappa shape index (κ1) is 15.0. The summed E-state index contributed by atoms with van der Waals surface area (Å²) < 4.78 is 21.4. The average Bonchev–Trinajstić information content (AvgIpc) is 3.47. The predicted octanol–water partition coefficient (Wildman–Crippen LogP) is 3.04. The van der Waals surface area contributed by atoms with Crippen molar-refractivity contribution in [3.8, 4) is 22.8 Å². The van der Waals surface area contributed by atoms with Crippen LogP contribution in [0.15, 0.2) is 45.7 Å². The van der Waals surface area contributed by atoms with Gasteiger partial charge in [0.05, 0.1) is 6.20 Å². The Labute approximate surface area is 148 Å². The number of ether oxygens (including phenoxy) is 2. The quantitative estimate of drug-likeness (QED) is 0.715. The van der Waals surface area contributed by atoms with E-state index >= 15 is 0 Å². The van der Waals surface area contributed by atoms with Crippen molar-refractivity contribution in [2.24, 2.45) is 0 Å². The Kier molecular flexibility index (Phi) is 3.41. The van der Waals surface area contributed by atoms with E-state index in [-0.39, 0.29) is 24.4 Å². The van der Waals surface area contributed by atoms with Gasteiger partial charge in [-0.05, 0) is 31.0 Å². The maximum Gasteiger partial charge on any atom is 0.276 e. The summed E-state index contributed by atoms with van der Waals surface area (Å²) >= 11 is 0. The first-order valence-corrected chi connectivity index (χ1v) is 8.37. The van der Waals surface area contributed by atoms with Gasteiger partial charge in [0.25, 0.3) is 5.91 Å². The highest BCUT2D eigenvalue weighted by atomic mass is 16.7. The number of oxazole rings is 1. The van der Waals surface area contributed by atoms with Crippen molar-refractivity contribution in [3.63, 3.8) is 0 Å². The number of nitrogens with zero attached hydrogens (tertiary/aromatic N) is 3. The maximum atomic E-state index is 12.9. The highest BCUT2D eigenvalue weighted by molar-refractivity contribution is 5.93. The fourth-order valence-corrected chi connectivity index (χ4v) is 3.37. The number of hydrogen-bond donors (Lipinski definition) is 0. The summed E-state index contributed by atoms with van der Waals surface area (Å²) in [4.78, 5) is 18.8. The number of aromatic nitrogens is 2. The Morgan fingerprint density at radius 1 is 1.19 bits per heavy atom. The summed E-state index contributed by atoms with van der Waals surface area (Å²) in [5.41, 5.74) is 1.03. The molecule has 1 amide bonds. The van der Waals surface area contributed by atoms with Gasteiger partial charge in [-0.3, -0.25) is 4.79 Å². The van der Waals surface area contributed by atoms with Crippen LogP contribution in [0.1, 0.15) is 35.3 Å². The second-order valence-electron chi connectivity index (χ2n) is 6.17. The summed E-state index contributed by atoms with van der Waals surface area (Å²) in [5.74, 6) is 2.20. The van der Waals surface area contributed by atoms with Crippen LogP contribution in [0.25, 0.3) is 11.3 Å². The highest BCUT2D eigenvalue weighted by Gasteiger charge is 2.34. The van der Waals surface area contributed by atoms with Crippen LogP contribution < -0.4 is 9.47 Å². The lowest BCUT2D eigenvalue weighted by Crippen LogP contribution is -2.30. The van der Waals surface area contributed by atoms with E-state index in [1.165, 1.54) is 6.26 Å². The van der Waals surface area contributed by atoms with Crippen molar-refractivity contribution in [2.45, 2.75) is 18.9 Å². The fraction of sp³-hybridized carbons (Fsp3) is 0.278. The van der Waals surface area contributed by atoms with Gasteiger partial charge < -0.3 is 23.3 Å². The number of carbonyl (C=O) groups excluding carboxylic acids is 1. The molecule has 3 aromatic rings. The maximum absolute atomic E-state index is 12.9. The molecular weight excluding hydrogens is 338 g/mol. The van der Waals surface area contributed by atoms with Gasteiger partial charge in [-0.1, -0.05) is 5.16 Å².